The van der Waals surface area contributed by atoms with Crippen molar-refractivity contribution < 1.29 is 11.0 Å². The van der Waals surface area contributed by atoms with Gasteiger partial charge in [0.2, 0.25) is 0 Å². The van der Waals surface area contributed by atoms with Crippen LogP contribution in [0.1, 0.15) is 19.3 Å². The summed E-state index contributed by atoms with van der Waals surface area (Å²) >= 11 is 0. The van der Waals surface area contributed by atoms with E-state index >= 15 is 0 Å². The molecule has 3 heteroatoms. The average Bonchev–Trinajstić information content (AvgIpc) is 3.20. The number of hydrogen-bond donors (Lipinski definition) is 1. The summed E-state index contributed by atoms with van der Waals surface area (Å²) in [6.45, 7) is 0. The van der Waals surface area contributed by atoms with Gasteiger partial charge in [-0.15, -0.1) is 0 Å². The highest BCUT2D eigenvalue weighted by Gasteiger charge is 2.39. The van der Waals surface area contributed by atoms with Gasteiger partial charge in [-0.2, -0.15) is 0 Å². The lowest BCUT2D eigenvalue weighted by atomic mass is 10.1. The summed E-state index contributed by atoms with van der Waals surface area (Å²) < 4.78 is 5.20. The molecule has 1 fully saturated rings. The summed E-state index contributed by atoms with van der Waals surface area (Å²) in [5.41, 5.74) is 1.27. The number of ether oxygens (including phenoxy) is 1. The van der Waals surface area contributed by atoms with Crippen molar-refractivity contribution in [1.29, 1.82) is 0 Å². The third kappa shape index (κ3) is 2.94. The largest absolute Gasteiger partial charge is 0.412 e. The van der Waals surface area contributed by atoms with Crippen molar-refractivity contribution in [2.24, 2.45) is 0 Å². The molecule has 0 bridgehead atoms. The van der Waals surface area contributed by atoms with Crippen LogP contribution in [0.3, 0.4) is 0 Å². The minimum atomic E-state index is -0.380. The Morgan fingerprint density at radius 3 is 2.37 bits per heavy atom. The minimum Gasteiger partial charge on any atom is -0.410 e. The van der Waals surface area contributed by atoms with E-state index in [4.69, 9.17) is 4.74 Å². The molecule has 2 aromatic carbocycles. The van der Waals surface area contributed by atoms with E-state index in [0.717, 1.165) is 6.42 Å². The summed E-state index contributed by atoms with van der Waals surface area (Å²) in [5, 5.41) is 2.89. The summed E-state index contributed by atoms with van der Waals surface area (Å²) in [6, 6.07) is 19.5. The second kappa shape index (κ2) is 5.14. The molecule has 3 nitrogen and oxygen atoms in total. The highest BCUT2D eigenvalue weighted by Crippen LogP contribution is 2.40. The van der Waals surface area contributed by atoms with Crippen LogP contribution in [0.2, 0.25) is 0 Å². The van der Waals surface area contributed by atoms with Crippen molar-refractivity contribution in [2.75, 3.05) is 0 Å². The summed E-state index contributed by atoms with van der Waals surface area (Å²) in [4.78, 5) is 11.7. The molecule has 0 heterocycles. The zero-order valence-corrected chi connectivity index (χ0v) is 10.5. The van der Waals surface area contributed by atoms with E-state index < -0.39 is 0 Å². The Morgan fingerprint density at radius 1 is 1.05 bits per heavy atom. The highest BCUT2D eigenvalue weighted by atomic mass is 16.6. The summed E-state index contributed by atoms with van der Waals surface area (Å²) in [7, 11) is 0. The van der Waals surface area contributed by atoms with Crippen LogP contribution >= 0.6 is 0 Å². The van der Waals surface area contributed by atoms with Crippen LogP contribution in [0.25, 0.3) is 0 Å². The molecule has 19 heavy (non-hydrogen) atoms. The van der Waals surface area contributed by atoms with E-state index in [1.165, 1.54) is 5.56 Å². The van der Waals surface area contributed by atoms with Gasteiger partial charge in [-0.3, -0.25) is 0 Å². The lowest BCUT2D eigenvalue weighted by molar-refractivity contribution is 0.200. The van der Waals surface area contributed by atoms with Crippen LogP contribution in [0.15, 0.2) is 60.7 Å². The van der Waals surface area contributed by atoms with Gasteiger partial charge in [-0.1, -0.05) is 48.5 Å². The third-order valence-electron chi connectivity index (χ3n) is 3.28. The maximum absolute atomic E-state index is 11.7. The first-order chi connectivity index (χ1) is 9.33. The van der Waals surface area contributed by atoms with Gasteiger partial charge in [-0.25, -0.2) is 4.79 Å². The molecule has 0 spiro atoms. The van der Waals surface area contributed by atoms with Crippen LogP contribution in [0.4, 0.5) is 4.79 Å². The van der Waals surface area contributed by atoms with E-state index in [1.807, 2.05) is 36.4 Å². The summed E-state index contributed by atoms with van der Waals surface area (Å²) in [5.74, 6) is 0.987. The lowest BCUT2D eigenvalue weighted by Crippen LogP contribution is -2.29. The van der Waals surface area contributed by atoms with Gasteiger partial charge >= 0.3 is 6.09 Å². The fraction of sp³-hybridized carbons (Fsp3) is 0.188. The van der Waals surface area contributed by atoms with Crippen molar-refractivity contribution in [3.63, 3.8) is 0 Å². The molecule has 1 amide bonds. The van der Waals surface area contributed by atoms with E-state index in [9.17, 15) is 4.79 Å². The molecule has 0 radical (unpaired) electrons. The van der Waals surface area contributed by atoms with Gasteiger partial charge in [0.05, 0.1) is 0 Å². The lowest BCUT2D eigenvalue weighted by Gasteiger charge is -2.06. The maximum atomic E-state index is 11.7. The first-order valence-corrected chi connectivity index (χ1v) is 6.41. The fourth-order valence-corrected chi connectivity index (χ4v) is 2.20. The molecule has 2 aromatic rings. The van der Waals surface area contributed by atoms with Gasteiger partial charge < -0.3 is 10.1 Å². The molecule has 98 valence electrons. The molecule has 1 saturated carbocycles. The second-order valence-corrected chi connectivity index (χ2v) is 4.71. The third-order valence-corrected chi connectivity index (χ3v) is 3.28. The molecule has 2 atom stereocenters. The number of para-hydroxylation sites is 1. The topological polar surface area (TPSA) is 38.3 Å². The van der Waals surface area contributed by atoms with Crippen LogP contribution in [-0.2, 0) is 0 Å². The Balaban J connectivity index is 0.00000147. The molecule has 3 rings (SSSR count). The first-order valence-electron chi connectivity index (χ1n) is 6.41. The number of benzene rings is 2. The van der Waals surface area contributed by atoms with Gasteiger partial charge in [0.25, 0.3) is 0 Å². The maximum Gasteiger partial charge on any atom is 0.412 e. The summed E-state index contributed by atoms with van der Waals surface area (Å²) in [6.07, 6.45) is 0.600. The highest BCUT2D eigenvalue weighted by molar-refractivity contribution is 5.71. The molecular formula is C16H17NO2. The number of hydrogen-bond acceptors (Lipinski definition) is 2. The Morgan fingerprint density at radius 2 is 1.68 bits per heavy atom. The second-order valence-electron chi connectivity index (χ2n) is 4.71. The molecule has 1 aliphatic rings. The zero-order chi connectivity index (χ0) is 13.1. The molecule has 0 saturated heterocycles. The van der Waals surface area contributed by atoms with Crippen LogP contribution in [-0.4, -0.2) is 12.1 Å². The van der Waals surface area contributed by atoms with Crippen LogP contribution in [0, 0.1) is 0 Å². The minimum absolute atomic E-state index is 0. The molecule has 0 aromatic heterocycles. The van der Waals surface area contributed by atoms with Crippen LogP contribution < -0.4 is 10.1 Å². The monoisotopic (exact) mass is 255 g/mol. The normalized spacial score (nSPS) is 20.6. The van der Waals surface area contributed by atoms with E-state index in [-0.39, 0.29) is 13.6 Å². The quantitative estimate of drug-likeness (QED) is 0.910. The Hall–Kier alpha value is -2.29. The van der Waals surface area contributed by atoms with Crippen molar-refractivity contribution in [3.05, 3.63) is 66.2 Å². The zero-order valence-electron chi connectivity index (χ0n) is 10.5. The molecular weight excluding hydrogens is 238 g/mol. The standard InChI is InChI=1S/C16H15NO2.H2/c18-16(19-13-9-5-2-6-10-13)17-15-11-14(15)12-7-3-1-4-8-12;/h1-10,14-15H,11H2,(H,17,18);1H/t14?,15-;/m1./s1. The van der Waals surface area contributed by atoms with E-state index in [0.29, 0.717) is 11.7 Å². The van der Waals surface area contributed by atoms with Crippen molar-refractivity contribution >= 4 is 6.09 Å². The van der Waals surface area contributed by atoms with Gasteiger partial charge in [0.15, 0.2) is 0 Å². The van der Waals surface area contributed by atoms with Crippen molar-refractivity contribution in [1.82, 2.24) is 5.32 Å². The van der Waals surface area contributed by atoms with Crippen molar-refractivity contribution in [2.45, 2.75) is 18.4 Å². The predicted molar refractivity (Wildman–Crippen MR) is 75.3 cm³/mol. The smallest absolute Gasteiger partial charge is 0.410 e. The molecule has 1 N–H and O–H groups in total. The number of amides is 1. The number of carbonyl (C=O) groups excluding carboxylic acids is 1. The number of carbonyl (C=O) groups is 1. The van der Waals surface area contributed by atoms with Gasteiger partial charge in [0, 0.05) is 13.4 Å². The SMILES string of the molecule is O=C(N[C@@H]1CC1c1ccccc1)Oc1ccccc1.[HH]. The number of nitrogens with one attached hydrogen (secondary N) is 1. The van der Waals surface area contributed by atoms with Crippen molar-refractivity contribution in [3.8, 4) is 5.75 Å². The Kier molecular flexibility index (Phi) is 3.19. The fourth-order valence-electron chi connectivity index (χ4n) is 2.20. The van der Waals surface area contributed by atoms with Crippen LogP contribution in [0.5, 0.6) is 5.75 Å². The molecule has 1 aliphatic carbocycles. The molecule has 0 aliphatic heterocycles. The predicted octanol–water partition coefficient (Wildman–Crippen LogP) is 3.58. The van der Waals surface area contributed by atoms with Gasteiger partial charge in [-0.05, 0) is 24.1 Å². The van der Waals surface area contributed by atoms with E-state index in [1.54, 1.807) is 12.1 Å². The average molecular weight is 255 g/mol. The number of rotatable bonds is 3. The van der Waals surface area contributed by atoms with E-state index in [2.05, 4.69) is 17.4 Å². The van der Waals surface area contributed by atoms with Gasteiger partial charge in [0.1, 0.15) is 5.75 Å². The Bertz CT molecular complexity index is 559. The first kappa shape index (κ1) is 11.8. The Labute approximate surface area is 113 Å². The molecule has 1 unspecified atom stereocenters.